The van der Waals surface area contributed by atoms with Crippen molar-refractivity contribution < 1.29 is 47.0 Å². The molecule has 5 heterocycles. The van der Waals surface area contributed by atoms with Crippen molar-refractivity contribution in [2.24, 2.45) is 0 Å². The van der Waals surface area contributed by atoms with E-state index < -0.39 is 52.6 Å². The predicted octanol–water partition coefficient (Wildman–Crippen LogP) is 9.44. The van der Waals surface area contributed by atoms with Gasteiger partial charge in [-0.25, -0.2) is 9.65 Å². The number of fused-ring (bicyclic) bond motifs is 2. The first-order valence-corrected chi connectivity index (χ1v) is 31.0. The third kappa shape index (κ3) is 11.5. The molecule has 19 heteroatoms. The summed E-state index contributed by atoms with van der Waals surface area (Å²) in [6.45, 7) is 2.96. The second-order valence-corrected chi connectivity index (χ2v) is 25.9. The van der Waals surface area contributed by atoms with Crippen LogP contribution >= 0.6 is 8.53 Å². The molecule has 3 aliphatic heterocycles. The van der Waals surface area contributed by atoms with Gasteiger partial charge in [0.05, 0.1) is 45.7 Å². The Morgan fingerprint density at radius 3 is 1.96 bits per heavy atom. The van der Waals surface area contributed by atoms with Crippen LogP contribution in [0.1, 0.15) is 42.2 Å². The molecule has 2 aromatic heterocycles. The molecular weight excluding hydrogens is 1060 g/mol. The Morgan fingerprint density at radius 1 is 0.753 bits per heavy atom. The van der Waals surface area contributed by atoms with Crippen molar-refractivity contribution in [2.75, 3.05) is 53.0 Å². The van der Waals surface area contributed by atoms with Crippen molar-refractivity contribution in [3.8, 4) is 29.2 Å². The molecule has 0 radical (unpaired) electrons. The molecule has 1 unspecified atom stereocenters. The van der Waals surface area contributed by atoms with Crippen molar-refractivity contribution in [3.63, 3.8) is 0 Å². The smallest absolute Gasteiger partial charge is 0.264 e. The number of carbonyl (C=O) groups is 1. The zero-order valence-electron chi connectivity index (χ0n) is 45.6. The van der Waals surface area contributed by atoms with Gasteiger partial charge in [-0.15, -0.1) is 0 Å². The number of ether oxygens (including phenoxy) is 7. The van der Waals surface area contributed by atoms with Crippen molar-refractivity contribution in [3.05, 3.63) is 193 Å². The number of para-hydroxylation sites is 1. The fourth-order valence-electron chi connectivity index (χ4n) is 11.4. The van der Waals surface area contributed by atoms with Gasteiger partial charge in [0, 0.05) is 19.7 Å². The van der Waals surface area contributed by atoms with Gasteiger partial charge in [-0.2, -0.15) is 15.2 Å². The Balaban J connectivity index is 0.982. The Labute approximate surface area is 473 Å². The number of nitriles is 1. The summed E-state index contributed by atoms with van der Waals surface area (Å²) >= 11 is 0. The van der Waals surface area contributed by atoms with E-state index in [0.717, 1.165) is 42.1 Å². The van der Waals surface area contributed by atoms with Crippen LogP contribution in [0.15, 0.2) is 176 Å². The lowest BCUT2D eigenvalue weighted by atomic mass is 9.80. The first-order chi connectivity index (χ1) is 39.7. The molecule has 7 atom stereocenters. The summed E-state index contributed by atoms with van der Waals surface area (Å²) in [4.78, 5) is 27.6. The van der Waals surface area contributed by atoms with Crippen LogP contribution in [-0.4, -0.2) is 116 Å². The normalized spacial score (nSPS) is 20.9. The molecule has 0 saturated carbocycles. The number of rotatable bonds is 23. The van der Waals surface area contributed by atoms with Crippen LogP contribution in [0.4, 0.5) is 5.95 Å². The van der Waals surface area contributed by atoms with Crippen LogP contribution in [0.3, 0.4) is 0 Å². The number of imidazole rings is 1. The van der Waals surface area contributed by atoms with Gasteiger partial charge in [-0.1, -0.05) is 150 Å². The quantitative estimate of drug-likeness (QED) is 0.0276. The zero-order chi connectivity index (χ0) is 55.8. The summed E-state index contributed by atoms with van der Waals surface area (Å²) in [5.74, 6) is 1.40. The van der Waals surface area contributed by atoms with Crippen molar-refractivity contribution >= 4 is 50.0 Å². The van der Waals surface area contributed by atoms with Crippen molar-refractivity contribution in [1.82, 2.24) is 24.2 Å². The molecule has 1 amide bonds. The molecule has 6 aromatic carbocycles. The van der Waals surface area contributed by atoms with Crippen LogP contribution in [-0.2, 0) is 33.7 Å². The predicted molar refractivity (Wildman–Crippen MR) is 310 cm³/mol. The minimum atomic E-state index is -2.37. The summed E-state index contributed by atoms with van der Waals surface area (Å²) < 4.78 is 63.6. The van der Waals surface area contributed by atoms with Crippen molar-refractivity contribution in [1.29, 1.82) is 5.26 Å². The number of carbonyl (C=O) groups excluding carboxylic acids is 1. The Bertz CT molecular complexity index is 3320. The van der Waals surface area contributed by atoms with Gasteiger partial charge in [0.15, 0.2) is 24.0 Å². The van der Waals surface area contributed by atoms with Crippen LogP contribution in [0.2, 0.25) is 12.6 Å². The largest absolute Gasteiger partial charge is 0.497 e. The van der Waals surface area contributed by atoms with Gasteiger partial charge < -0.3 is 42.2 Å². The maximum Gasteiger partial charge on any atom is 0.264 e. The molecule has 1 N–H and O–H groups in total. The van der Waals surface area contributed by atoms with Crippen LogP contribution in [0.25, 0.3) is 11.2 Å². The van der Waals surface area contributed by atoms with E-state index in [4.69, 9.17) is 52.2 Å². The number of hydrogen-bond acceptors (Lipinski definition) is 15. The van der Waals surface area contributed by atoms with Crippen LogP contribution in [0, 0.1) is 11.3 Å². The number of amides is 1. The molecule has 81 heavy (non-hydrogen) atoms. The summed E-state index contributed by atoms with van der Waals surface area (Å²) in [7, 11) is 0.885. The topological polar surface area (TPSA) is 183 Å². The summed E-state index contributed by atoms with van der Waals surface area (Å²) in [6.07, 6.45) is 0.197. The monoisotopic (exact) mass is 1130 g/mol. The van der Waals surface area contributed by atoms with E-state index in [1.54, 1.807) is 44.4 Å². The Kier molecular flexibility index (Phi) is 17.1. The Morgan fingerprint density at radius 2 is 1.36 bits per heavy atom. The Hall–Kier alpha value is -7.56. The number of nitrogens with one attached hydrogen (secondary N) is 1. The number of methoxy groups -OCH3 is 3. The van der Waals surface area contributed by atoms with Gasteiger partial charge in [0.2, 0.25) is 11.8 Å². The molecule has 8 aromatic rings. The first-order valence-electron chi connectivity index (χ1n) is 27.1. The van der Waals surface area contributed by atoms with Crippen LogP contribution in [0.5, 0.6) is 23.1 Å². The van der Waals surface area contributed by atoms with E-state index in [1.165, 1.54) is 10.4 Å². The lowest BCUT2D eigenvalue weighted by molar-refractivity contribution is -0.118. The third-order valence-corrected chi connectivity index (χ3v) is 21.7. The molecule has 17 nitrogen and oxygen atoms in total. The van der Waals surface area contributed by atoms with Gasteiger partial charge in [-0.3, -0.25) is 14.7 Å². The standard InChI is InChI=1S/C62H64N7O10PSi/c1-71-46-32-28-44(29-33-46)62(43-19-9-5-10-20-43,45-30-34-47(72-2)35-31-45)76-39-52-56(79-80-69-37-17-27-51(69)53(78-80)41-81(4,49-23-13-7-14-24-49)50-25-15-8-16-26-50)57(73-3)60(77-52)68-42-64-55-58(68)66-61(67-59(55)74-38-18-36-63)65-54(70)40-75-48-21-11-6-12-22-48/h5-16,19-26,28-35,42,51-53,56-57,60H,17-18,27,37-41H2,1-4H3,(H,65,66,67,70)/t51-,52-,53+,56+,57?,60-,80+/m1/s1. The van der Waals surface area contributed by atoms with E-state index in [9.17, 15) is 10.1 Å². The second kappa shape index (κ2) is 25.1. The molecular formula is C62H64N7O10PSi. The van der Waals surface area contributed by atoms with E-state index in [1.807, 2.05) is 84.9 Å². The third-order valence-electron chi connectivity index (χ3n) is 15.5. The lowest BCUT2D eigenvalue weighted by Gasteiger charge is -2.37. The molecule has 11 rings (SSSR count). The van der Waals surface area contributed by atoms with Gasteiger partial charge >= 0.3 is 0 Å². The molecule has 416 valence electrons. The average molecular weight is 1130 g/mol. The molecule has 0 bridgehead atoms. The van der Waals surface area contributed by atoms with Gasteiger partial charge in [0.1, 0.15) is 55.8 Å². The minimum Gasteiger partial charge on any atom is -0.497 e. The highest BCUT2D eigenvalue weighted by Crippen LogP contribution is 2.59. The molecule has 0 aliphatic carbocycles. The summed E-state index contributed by atoms with van der Waals surface area (Å²) in [5.41, 5.74) is 1.90. The second-order valence-electron chi connectivity index (χ2n) is 20.3. The minimum absolute atomic E-state index is 0.0101. The number of anilines is 1. The lowest BCUT2D eigenvalue weighted by Crippen LogP contribution is -2.58. The number of benzene rings is 6. The zero-order valence-corrected chi connectivity index (χ0v) is 47.5. The highest BCUT2D eigenvalue weighted by molar-refractivity contribution is 7.45. The fraction of sp³-hybridized carbons (Fsp3) is 0.306. The van der Waals surface area contributed by atoms with Gasteiger partial charge in [0.25, 0.3) is 14.4 Å². The van der Waals surface area contributed by atoms with E-state index in [2.05, 4.69) is 100 Å². The number of hydrogen-bond donors (Lipinski definition) is 1. The van der Waals surface area contributed by atoms with Gasteiger partial charge in [-0.05, 0) is 72.0 Å². The fourth-order valence-corrected chi connectivity index (χ4v) is 17.3. The van der Waals surface area contributed by atoms with E-state index >= 15 is 0 Å². The number of nitrogens with zero attached hydrogens (tertiary/aromatic N) is 6. The maximum absolute atomic E-state index is 13.4. The van der Waals surface area contributed by atoms with E-state index in [-0.39, 0.29) is 61.4 Å². The highest BCUT2D eigenvalue weighted by atomic mass is 31.2. The highest BCUT2D eigenvalue weighted by Gasteiger charge is 2.55. The molecule has 3 saturated heterocycles. The summed E-state index contributed by atoms with van der Waals surface area (Å²) in [6, 6.07) is 59.7. The van der Waals surface area contributed by atoms with Crippen molar-refractivity contribution in [2.45, 2.75) is 74.1 Å². The molecule has 0 spiro atoms. The average Bonchev–Trinajstić information content (AvgIpc) is 4.34. The number of aromatic nitrogens is 4. The maximum atomic E-state index is 13.4. The van der Waals surface area contributed by atoms with Crippen LogP contribution < -0.4 is 34.6 Å². The van der Waals surface area contributed by atoms with E-state index in [0.29, 0.717) is 17.2 Å². The first kappa shape index (κ1) is 55.3. The summed E-state index contributed by atoms with van der Waals surface area (Å²) in [5, 5.41) is 14.9. The molecule has 3 aliphatic rings. The SMILES string of the molecule is COc1ccc(C(OC[C@H]2O[C@@H](n3cnc4c(OCCC#N)nc(NC(=O)COc5ccccc5)nc43)C(OC)[C@H]2O[P@]2O[C@@H](C[Si](C)(c3ccccc3)c3ccccc3)[C@H]3CCCN32)(c2ccccc2)c2ccc(OC)cc2)cc1. The molecule has 3 fully saturated rings.